The maximum atomic E-state index is 13.0. The minimum absolute atomic E-state index is 0.194. The van der Waals surface area contributed by atoms with E-state index in [1.165, 1.54) is 12.1 Å². The Morgan fingerprint density at radius 2 is 1.67 bits per heavy atom. The molecule has 0 bridgehead atoms. The van der Waals surface area contributed by atoms with E-state index in [1.807, 2.05) is 24.4 Å². The predicted octanol–water partition coefficient (Wildman–Crippen LogP) is 2.44. The van der Waals surface area contributed by atoms with Gasteiger partial charge in [0.1, 0.15) is 11.6 Å². The van der Waals surface area contributed by atoms with Gasteiger partial charge in [0.2, 0.25) is 0 Å². The molecule has 0 radical (unpaired) electrons. The second kappa shape index (κ2) is 5.60. The van der Waals surface area contributed by atoms with Crippen LogP contribution in [0.1, 0.15) is 5.56 Å². The Hall–Kier alpha value is -2.30. The second-order valence-corrected chi connectivity index (χ2v) is 5.35. The number of nitrogens with two attached hydrogens (primary N) is 1. The van der Waals surface area contributed by atoms with E-state index in [-0.39, 0.29) is 5.82 Å². The molecule has 110 valence electrons. The first-order valence-corrected chi connectivity index (χ1v) is 7.11. The minimum Gasteiger partial charge on any atom is -0.384 e. The molecule has 1 aliphatic heterocycles. The molecular formula is C16H19FN4. The van der Waals surface area contributed by atoms with E-state index in [9.17, 15) is 4.39 Å². The van der Waals surface area contributed by atoms with Crippen LogP contribution in [0, 0.1) is 12.7 Å². The average Bonchev–Trinajstić information content (AvgIpc) is 2.48. The first-order valence-electron chi connectivity index (χ1n) is 7.11. The number of piperazine rings is 1. The normalized spacial score (nSPS) is 15.3. The monoisotopic (exact) mass is 286 g/mol. The van der Waals surface area contributed by atoms with Gasteiger partial charge in [0, 0.05) is 31.9 Å². The van der Waals surface area contributed by atoms with Crippen molar-refractivity contribution in [3.8, 4) is 0 Å². The lowest BCUT2D eigenvalue weighted by Crippen LogP contribution is -2.46. The van der Waals surface area contributed by atoms with Crippen LogP contribution >= 0.6 is 0 Å². The van der Waals surface area contributed by atoms with Gasteiger partial charge in [-0.1, -0.05) is 0 Å². The Labute approximate surface area is 124 Å². The SMILES string of the molecule is Cc1cc(N)ncc1N1CCN(c2ccc(F)cc2)CC1. The molecule has 2 heterocycles. The van der Waals surface area contributed by atoms with Crippen LogP contribution in [0.2, 0.25) is 0 Å². The molecule has 0 spiro atoms. The Kier molecular flexibility index (Phi) is 3.64. The Bertz CT molecular complexity index is 619. The number of nitrogens with zero attached hydrogens (tertiary/aromatic N) is 3. The van der Waals surface area contributed by atoms with Crippen LogP contribution in [-0.2, 0) is 0 Å². The summed E-state index contributed by atoms with van der Waals surface area (Å²) in [6.07, 6.45) is 1.85. The summed E-state index contributed by atoms with van der Waals surface area (Å²) in [5.74, 6) is 0.363. The summed E-state index contributed by atoms with van der Waals surface area (Å²) in [5, 5.41) is 0. The smallest absolute Gasteiger partial charge is 0.123 e. The molecule has 2 aromatic rings. The molecule has 0 amide bonds. The molecule has 4 nitrogen and oxygen atoms in total. The molecule has 21 heavy (non-hydrogen) atoms. The number of halogens is 1. The zero-order valence-electron chi connectivity index (χ0n) is 12.1. The van der Waals surface area contributed by atoms with Crippen LogP contribution in [-0.4, -0.2) is 31.2 Å². The van der Waals surface area contributed by atoms with Gasteiger partial charge in [-0.25, -0.2) is 9.37 Å². The van der Waals surface area contributed by atoms with Crippen molar-refractivity contribution in [2.45, 2.75) is 6.92 Å². The number of aryl methyl sites for hydroxylation is 1. The first kappa shape index (κ1) is 13.7. The molecule has 3 rings (SSSR count). The number of rotatable bonds is 2. The zero-order chi connectivity index (χ0) is 14.8. The van der Waals surface area contributed by atoms with Crippen molar-refractivity contribution in [3.63, 3.8) is 0 Å². The highest BCUT2D eigenvalue weighted by Gasteiger charge is 2.19. The molecule has 1 aliphatic rings. The number of anilines is 3. The van der Waals surface area contributed by atoms with Crippen molar-refractivity contribution in [2.75, 3.05) is 41.7 Å². The third kappa shape index (κ3) is 2.91. The van der Waals surface area contributed by atoms with Crippen molar-refractivity contribution in [3.05, 3.63) is 47.9 Å². The molecule has 1 aromatic carbocycles. The fourth-order valence-corrected chi connectivity index (χ4v) is 2.76. The van der Waals surface area contributed by atoms with E-state index in [0.717, 1.165) is 43.1 Å². The number of nitrogen functional groups attached to an aromatic ring is 1. The number of benzene rings is 1. The van der Waals surface area contributed by atoms with Crippen molar-refractivity contribution in [1.29, 1.82) is 0 Å². The lowest BCUT2D eigenvalue weighted by Gasteiger charge is -2.37. The van der Waals surface area contributed by atoms with Crippen molar-refractivity contribution in [1.82, 2.24) is 4.98 Å². The fourth-order valence-electron chi connectivity index (χ4n) is 2.76. The standard InChI is InChI=1S/C16H19FN4/c1-12-10-16(18)19-11-15(12)21-8-6-20(7-9-21)14-4-2-13(17)3-5-14/h2-5,10-11H,6-9H2,1H3,(H2,18,19). The fraction of sp³-hybridized carbons (Fsp3) is 0.312. The molecule has 1 saturated heterocycles. The van der Waals surface area contributed by atoms with Crippen LogP contribution in [0.3, 0.4) is 0 Å². The number of hydrogen-bond donors (Lipinski definition) is 1. The van der Waals surface area contributed by atoms with Crippen molar-refractivity contribution in [2.24, 2.45) is 0 Å². The van der Waals surface area contributed by atoms with Gasteiger partial charge < -0.3 is 15.5 Å². The van der Waals surface area contributed by atoms with Crippen LogP contribution in [0.5, 0.6) is 0 Å². The lowest BCUT2D eigenvalue weighted by atomic mass is 10.2. The Morgan fingerprint density at radius 1 is 1.05 bits per heavy atom. The van der Waals surface area contributed by atoms with Gasteiger partial charge in [0.05, 0.1) is 11.9 Å². The zero-order valence-corrected chi connectivity index (χ0v) is 12.1. The van der Waals surface area contributed by atoms with Gasteiger partial charge in [-0.05, 0) is 42.8 Å². The topological polar surface area (TPSA) is 45.4 Å². The van der Waals surface area contributed by atoms with Gasteiger partial charge in [0.15, 0.2) is 0 Å². The average molecular weight is 286 g/mol. The molecule has 1 aromatic heterocycles. The third-order valence-electron chi connectivity index (χ3n) is 3.92. The maximum absolute atomic E-state index is 13.0. The molecule has 0 aliphatic carbocycles. The number of aromatic nitrogens is 1. The summed E-state index contributed by atoms with van der Waals surface area (Å²) in [4.78, 5) is 8.78. The molecule has 0 atom stereocenters. The van der Waals surface area contributed by atoms with E-state index in [4.69, 9.17) is 5.73 Å². The van der Waals surface area contributed by atoms with Gasteiger partial charge >= 0.3 is 0 Å². The van der Waals surface area contributed by atoms with Gasteiger partial charge in [-0.3, -0.25) is 0 Å². The molecular weight excluding hydrogens is 267 g/mol. The van der Waals surface area contributed by atoms with Crippen LogP contribution in [0.4, 0.5) is 21.6 Å². The van der Waals surface area contributed by atoms with E-state index >= 15 is 0 Å². The Balaban J connectivity index is 1.68. The molecule has 5 heteroatoms. The largest absolute Gasteiger partial charge is 0.384 e. The first-order chi connectivity index (χ1) is 10.1. The van der Waals surface area contributed by atoms with E-state index in [0.29, 0.717) is 5.82 Å². The van der Waals surface area contributed by atoms with Gasteiger partial charge in [-0.2, -0.15) is 0 Å². The summed E-state index contributed by atoms with van der Waals surface area (Å²) in [6, 6.07) is 8.59. The summed E-state index contributed by atoms with van der Waals surface area (Å²) < 4.78 is 13.0. The van der Waals surface area contributed by atoms with E-state index in [2.05, 4.69) is 21.7 Å². The number of pyridine rings is 1. The Morgan fingerprint density at radius 3 is 2.29 bits per heavy atom. The van der Waals surface area contributed by atoms with Crippen LogP contribution in [0.15, 0.2) is 36.5 Å². The maximum Gasteiger partial charge on any atom is 0.123 e. The van der Waals surface area contributed by atoms with Gasteiger partial charge in [0.25, 0.3) is 0 Å². The quantitative estimate of drug-likeness (QED) is 0.921. The van der Waals surface area contributed by atoms with E-state index < -0.39 is 0 Å². The van der Waals surface area contributed by atoms with Crippen molar-refractivity contribution < 1.29 is 4.39 Å². The van der Waals surface area contributed by atoms with Crippen LogP contribution < -0.4 is 15.5 Å². The number of hydrogen-bond acceptors (Lipinski definition) is 4. The lowest BCUT2D eigenvalue weighted by molar-refractivity contribution is 0.624. The molecule has 2 N–H and O–H groups in total. The highest BCUT2D eigenvalue weighted by atomic mass is 19.1. The van der Waals surface area contributed by atoms with Gasteiger partial charge in [-0.15, -0.1) is 0 Å². The summed E-state index contributed by atoms with van der Waals surface area (Å²) in [6.45, 7) is 5.72. The highest BCUT2D eigenvalue weighted by molar-refractivity contribution is 5.57. The van der Waals surface area contributed by atoms with Crippen molar-refractivity contribution >= 4 is 17.2 Å². The highest BCUT2D eigenvalue weighted by Crippen LogP contribution is 2.23. The summed E-state index contributed by atoms with van der Waals surface area (Å²) in [7, 11) is 0. The summed E-state index contributed by atoms with van der Waals surface area (Å²) in [5.41, 5.74) is 9.06. The predicted molar refractivity (Wildman–Crippen MR) is 84.2 cm³/mol. The molecule has 1 fully saturated rings. The van der Waals surface area contributed by atoms with Crippen LogP contribution in [0.25, 0.3) is 0 Å². The van der Waals surface area contributed by atoms with E-state index in [1.54, 1.807) is 0 Å². The minimum atomic E-state index is -0.194. The summed E-state index contributed by atoms with van der Waals surface area (Å²) >= 11 is 0. The molecule has 0 unspecified atom stereocenters. The molecule has 0 saturated carbocycles. The second-order valence-electron chi connectivity index (χ2n) is 5.35. The third-order valence-corrected chi connectivity index (χ3v) is 3.92.